The minimum absolute atomic E-state index is 0.0841. The normalized spacial score (nSPS) is 18.6. The van der Waals surface area contributed by atoms with Crippen LogP contribution in [0.3, 0.4) is 0 Å². The second-order valence-corrected chi connectivity index (χ2v) is 8.98. The molecule has 1 fully saturated rings. The number of alkyl halides is 6. The van der Waals surface area contributed by atoms with Crippen molar-refractivity contribution in [1.82, 2.24) is 9.29 Å². The molecular formula is C21H20F6N4O3S. The largest absolute Gasteiger partial charge is 0.430 e. The van der Waals surface area contributed by atoms with Gasteiger partial charge >= 0.3 is 12.4 Å². The van der Waals surface area contributed by atoms with E-state index < -0.39 is 47.2 Å². The number of rotatable bonds is 4. The van der Waals surface area contributed by atoms with E-state index in [1.807, 2.05) is 0 Å². The number of pyridine rings is 1. The molecule has 0 radical (unpaired) electrons. The molecule has 0 saturated carbocycles. The number of piperazine rings is 1. The highest BCUT2D eigenvalue weighted by Crippen LogP contribution is 2.50. The number of nitrogen functional groups attached to an aromatic ring is 1. The third kappa shape index (κ3) is 5.37. The molecule has 14 heteroatoms. The smallest absolute Gasteiger partial charge is 0.384 e. The fourth-order valence-corrected chi connectivity index (χ4v) is 4.68. The van der Waals surface area contributed by atoms with E-state index in [4.69, 9.17) is 10.8 Å². The Balaban J connectivity index is 1.87. The predicted molar refractivity (Wildman–Crippen MR) is 115 cm³/mol. The van der Waals surface area contributed by atoms with Gasteiger partial charge in [-0.3, -0.25) is 0 Å². The summed E-state index contributed by atoms with van der Waals surface area (Å²) < 4.78 is 93.4. The van der Waals surface area contributed by atoms with Gasteiger partial charge in [0.25, 0.3) is 5.60 Å². The first-order valence-electron chi connectivity index (χ1n) is 10.00. The van der Waals surface area contributed by atoms with Crippen LogP contribution >= 0.6 is 0 Å². The summed E-state index contributed by atoms with van der Waals surface area (Å²) in [5.74, 6) is 5.48. The number of anilines is 2. The van der Waals surface area contributed by atoms with Gasteiger partial charge < -0.3 is 20.8 Å². The molecule has 1 aliphatic rings. The molecule has 0 spiro atoms. The van der Waals surface area contributed by atoms with Crippen LogP contribution in [0.4, 0.5) is 37.8 Å². The topological polar surface area (TPSA) is 103 Å². The first-order valence-corrected chi connectivity index (χ1v) is 11.1. The summed E-state index contributed by atoms with van der Waals surface area (Å²) in [7, 11) is -1.64. The van der Waals surface area contributed by atoms with E-state index in [2.05, 4.69) is 16.8 Å². The van der Waals surface area contributed by atoms with E-state index in [9.17, 15) is 35.7 Å². The molecular weight excluding hydrogens is 502 g/mol. The molecule has 4 N–H and O–H groups in total. The van der Waals surface area contributed by atoms with Crippen molar-refractivity contribution in [3.05, 3.63) is 48.2 Å². The Labute approximate surface area is 198 Å². The Morgan fingerprint density at radius 2 is 1.69 bits per heavy atom. The van der Waals surface area contributed by atoms with Gasteiger partial charge in [0.2, 0.25) is 0 Å². The number of nitrogens with two attached hydrogens (primary N) is 1. The summed E-state index contributed by atoms with van der Waals surface area (Å²) in [5.41, 5.74) is -0.640. The van der Waals surface area contributed by atoms with E-state index in [0.29, 0.717) is 17.0 Å². The van der Waals surface area contributed by atoms with Gasteiger partial charge in [0.15, 0.2) is 0 Å². The van der Waals surface area contributed by atoms with Crippen molar-refractivity contribution in [2.24, 2.45) is 0 Å². The van der Waals surface area contributed by atoms with E-state index in [1.165, 1.54) is 12.3 Å². The van der Waals surface area contributed by atoms with Crippen molar-refractivity contribution in [1.29, 1.82) is 0 Å². The lowest BCUT2D eigenvalue weighted by Gasteiger charge is -2.40. The lowest BCUT2D eigenvalue weighted by molar-refractivity contribution is -0.376. The van der Waals surface area contributed by atoms with E-state index in [0.717, 1.165) is 12.1 Å². The fourth-order valence-electron chi connectivity index (χ4n) is 3.53. The van der Waals surface area contributed by atoms with E-state index in [1.54, 1.807) is 15.3 Å². The molecule has 190 valence electrons. The van der Waals surface area contributed by atoms with Crippen LogP contribution in [0.15, 0.2) is 47.5 Å². The number of benzene rings is 1. The van der Waals surface area contributed by atoms with Crippen molar-refractivity contribution in [3.8, 4) is 11.8 Å². The van der Waals surface area contributed by atoms with Crippen molar-refractivity contribution < 1.29 is 40.8 Å². The Kier molecular flexibility index (Phi) is 7.65. The quantitative estimate of drug-likeness (QED) is 0.420. The lowest BCUT2D eigenvalue weighted by atomic mass is 9.92. The van der Waals surface area contributed by atoms with Gasteiger partial charge in [0, 0.05) is 37.1 Å². The maximum atomic E-state index is 13.2. The van der Waals surface area contributed by atoms with Crippen molar-refractivity contribution >= 4 is 22.5 Å². The van der Waals surface area contributed by atoms with Crippen molar-refractivity contribution in [3.63, 3.8) is 0 Å². The number of aliphatic hydroxyl groups is 2. The summed E-state index contributed by atoms with van der Waals surface area (Å²) in [6.07, 6.45) is -10.6. The van der Waals surface area contributed by atoms with Gasteiger partial charge in [0.1, 0.15) is 29.5 Å². The van der Waals surface area contributed by atoms with Crippen LogP contribution in [-0.4, -0.2) is 68.3 Å². The van der Waals surface area contributed by atoms with E-state index in [-0.39, 0.29) is 31.1 Å². The maximum absolute atomic E-state index is 13.2. The zero-order valence-corrected chi connectivity index (χ0v) is 18.7. The first kappa shape index (κ1) is 26.7. The van der Waals surface area contributed by atoms with E-state index >= 15 is 0 Å². The van der Waals surface area contributed by atoms with Crippen LogP contribution in [0, 0.1) is 11.8 Å². The maximum Gasteiger partial charge on any atom is 0.430 e. The Hall–Kier alpha value is -2.86. The minimum Gasteiger partial charge on any atom is -0.384 e. The zero-order valence-electron chi connectivity index (χ0n) is 17.8. The number of nitrogens with zero attached hydrogens (tertiary/aromatic N) is 3. The van der Waals surface area contributed by atoms with Crippen LogP contribution in [-0.2, 0) is 16.6 Å². The van der Waals surface area contributed by atoms with Crippen LogP contribution in [0.25, 0.3) is 0 Å². The molecule has 2 heterocycles. The second-order valence-electron chi connectivity index (χ2n) is 7.50. The molecule has 2 aromatic rings. The Bertz CT molecular complexity index is 1100. The lowest BCUT2D eigenvalue weighted by Crippen LogP contribution is -2.54. The molecule has 0 aliphatic carbocycles. The molecule has 2 atom stereocenters. The molecule has 35 heavy (non-hydrogen) atoms. The number of hydrogen-bond donors (Lipinski definition) is 3. The van der Waals surface area contributed by atoms with Gasteiger partial charge in [-0.2, -0.15) is 26.3 Å². The van der Waals surface area contributed by atoms with Crippen LogP contribution < -0.4 is 10.6 Å². The third-order valence-electron chi connectivity index (χ3n) is 5.32. The van der Waals surface area contributed by atoms with Crippen molar-refractivity contribution in [2.75, 3.05) is 36.9 Å². The molecule has 1 aromatic heterocycles. The molecule has 1 saturated heterocycles. The summed E-state index contributed by atoms with van der Waals surface area (Å²) in [6, 6.07) is 5.47. The molecule has 0 amide bonds. The highest BCUT2D eigenvalue weighted by Gasteiger charge is 2.71. The Morgan fingerprint density at radius 1 is 1.06 bits per heavy atom. The molecule has 1 aromatic carbocycles. The van der Waals surface area contributed by atoms with Crippen molar-refractivity contribution in [2.45, 2.75) is 28.9 Å². The number of aromatic nitrogens is 1. The average Bonchev–Trinajstić information content (AvgIpc) is 2.80. The molecule has 0 bridgehead atoms. The standard InChI is InChI=1S/C21H20F6N4O3S/c22-20(23,24)19(33,21(25,26)27)14-3-5-15(6-4-14)31-10-9-30(13-16(31)2-1-11-32)35(34)17-7-8-18(28)29-12-17/h3-8,12,16,32-33H,9-11,13H2,(H2,28,29)/t16-,35?/m1/s1. The first-order chi connectivity index (χ1) is 16.3. The third-order valence-corrected chi connectivity index (χ3v) is 6.77. The summed E-state index contributed by atoms with van der Waals surface area (Å²) in [4.78, 5) is 5.87. The predicted octanol–water partition coefficient (Wildman–Crippen LogP) is 2.19. The highest BCUT2D eigenvalue weighted by molar-refractivity contribution is 7.82. The second kappa shape index (κ2) is 10.0. The van der Waals surface area contributed by atoms with Gasteiger partial charge in [-0.15, -0.1) is 0 Å². The average molecular weight is 522 g/mol. The molecule has 3 rings (SSSR count). The van der Waals surface area contributed by atoms with Crippen LogP contribution in [0.5, 0.6) is 0 Å². The fraction of sp³-hybridized carbons (Fsp3) is 0.381. The van der Waals surface area contributed by atoms with Gasteiger partial charge in [0.05, 0.1) is 4.90 Å². The van der Waals surface area contributed by atoms with Gasteiger partial charge in [-0.25, -0.2) is 13.5 Å². The van der Waals surface area contributed by atoms with Crippen LogP contribution in [0.2, 0.25) is 0 Å². The summed E-state index contributed by atoms with van der Waals surface area (Å²) in [6.45, 7) is -0.0224. The summed E-state index contributed by atoms with van der Waals surface area (Å²) in [5, 5.41) is 18.7. The van der Waals surface area contributed by atoms with Gasteiger partial charge in [-0.05, 0) is 24.3 Å². The molecule has 7 nitrogen and oxygen atoms in total. The monoisotopic (exact) mass is 522 g/mol. The molecule has 1 unspecified atom stereocenters. The number of aliphatic hydroxyl groups excluding tert-OH is 1. The zero-order chi connectivity index (χ0) is 26.0. The number of hydrogen-bond acceptors (Lipinski definition) is 6. The Morgan fingerprint density at radius 3 is 2.20 bits per heavy atom. The summed E-state index contributed by atoms with van der Waals surface area (Å²) >= 11 is 0. The minimum atomic E-state index is -5.99. The molecule has 1 aliphatic heterocycles. The van der Waals surface area contributed by atoms with Crippen LogP contribution in [0.1, 0.15) is 5.56 Å². The number of halogens is 6. The highest BCUT2D eigenvalue weighted by atomic mass is 32.2. The van der Waals surface area contributed by atoms with Gasteiger partial charge in [-0.1, -0.05) is 24.0 Å². The SMILES string of the molecule is Nc1ccc(S(=O)N2CCN(c3ccc(C(O)(C(F)(F)F)C(F)(F)F)cc3)[C@H](C#CCO)C2)cn1.